The van der Waals surface area contributed by atoms with E-state index in [0.717, 1.165) is 44.8 Å². The Kier molecular flexibility index (Phi) is 10.5. The van der Waals surface area contributed by atoms with Gasteiger partial charge in [-0.15, -0.1) is 24.0 Å². The summed E-state index contributed by atoms with van der Waals surface area (Å²) in [5.41, 5.74) is 0. The predicted molar refractivity (Wildman–Crippen MR) is 108 cm³/mol. The fourth-order valence-corrected chi connectivity index (χ4v) is 3.78. The van der Waals surface area contributed by atoms with Gasteiger partial charge in [0.25, 0.3) is 0 Å². The minimum atomic E-state index is 0. The molecule has 1 aliphatic carbocycles. The Labute approximate surface area is 159 Å². The number of nitrogens with zero attached hydrogens (tertiary/aromatic N) is 3. The van der Waals surface area contributed by atoms with Crippen molar-refractivity contribution in [3.8, 4) is 0 Å². The van der Waals surface area contributed by atoms with Gasteiger partial charge in [0.15, 0.2) is 5.96 Å². The van der Waals surface area contributed by atoms with Gasteiger partial charge in [-0.3, -0.25) is 4.99 Å². The second kappa shape index (κ2) is 11.5. The van der Waals surface area contributed by atoms with Crippen LogP contribution in [-0.4, -0.2) is 75.8 Å². The normalized spacial score (nSPS) is 23.2. The zero-order valence-corrected chi connectivity index (χ0v) is 17.4. The van der Waals surface area contributed by atoms with Crippen molar-refractivity contribution in [2.75, 3.05) is 54.0 Å². The van der Waals surface area contributed by atoms with Crippen molar-refractivity contribution >= 4 is 29.9 Å². The highest BCUT2D eigenvalue weighted by atomic mass is 127. The summed E-state index contributed by atoms with van der Waals surface area (Å²) in [5, 5.41) is 3.54. The fraction of sp³-hybridized carbons (Fsp3) is 0.941. The number of likely N-dealkylation sites (tertiary alicyclic amines) is 1. The van der Waals surface area contributed by atoms with E-state index in [9.17, 15) is 0 Å². The number of hydrogen-bond acceptors (Lipinski definition) is 3. The van der Waals surface area contributed by atoms with Gasteiger partial charge in [0, 0.05) is 52.3 Å². The number of hydrogen-bond donors (Lipinski definition) is 1. The van der Waals surface area contributed by atoms with Crippen LogP contribution in [-0.2, 0) is 4.74 Å². The quantitative estimate of drug-likeness (QED) is 0.393. The molecule has 2 aliphatic rings. The number of likely N-dealkylation sites (N-methyl/N-ethyl adjacent to an activating group) is 1. The number of rotatable bonds is 6. The van der Waals surface area contributed by atoms with Crippen molar-refractivity contribution in [2.45, 2.75) is 44.6 Å². The molecule has 0 bridgehead atoms. The lowest BCUT2D eigenvalue weighted by atomic mass is 9.94. The van der Waals surface area contributed by atoms with E-state index in [1.807, 2.05) is 7.05 Å². The minimum Gasteiger partial charge on any atom is -0.384 e. The molecule has 2 fully saturated rings. The van der Waals surface area contributed by atoms with Gasteiger partial charge in [0.05, 0.1) is 6.61 Å². The summed E-state index contributed by atoms with van der Waals surface area (Å²) in [7, 11) is 5.94. The Morgan fingerprint density at radius 2 is 2.00 bits per heavy atom. The van der Waals surface area contributed by atoms with Crippen LogP contribution in [0.2, 0.25) is 0 Å². The lowest BCUT2D eigenvalue weighted by Crippen LogP contribution is -2.44. The topological polar surface area (TPSA) is 40.1 Å². The maximum atomic E-state index is 5.27. The molecule has 1 atom stereocenters. The summed E-state index contributed by atoms with van der Waals surface area (Å²) < 4.78 is 5.27. The maximum Gasteiger partial charge on any atom is 0.193 e. The van der Waals surface area contributed by atoms with Gasteiger partial charge in [-0.05, 0) is 26.3 Å². The lowest BCUT2D eigenvalue weighted by Gasteiger charge is -2.31. The Balaban J connectivity index is 0.00000264. The molecule has 1 unspecified atom stereocenters. The number of guanidine groups is 1. The molecule has 1 aliphatic heterocycles. The Hall–Kier alpha value is -0.0800. The highest BCUT2D eigenvalue weighted by Crippen LogP contribution is 2.21. The number of nitrogens with one attached hydrogen (secondary N) is 1. The first kappa shape index (κ1) is 21.0. The molecule has 0 aromatic carbocycles. The van der Waals surface area contributed by atoms with E-state index in [1.165, 1.54) is 38.5 Å². The maximum absolute atomic E-state index is 5.27. The zero-order valence-electron chi connectivity index (χ0n) is 15.1. The summed E-state index contributed by atoms with van der Waals surface area (Å²) in [6.45, 7) is 5.08. The molecule has 2 rings (SSSR count). The average Bonchev–Trinajstić information content (AvgIpc) is 3.01. The summed E-state index contributed by atoms with van der Waals surface area (Å²) in [5.74, 6) is 1.70. The highest BCUT2D eigenvalue weighted by molar-refractivity contribution is 14.0. The van der Waals surface area contributed by atoms with Crippen LogP contribution < -0.4 is 5.32 Å². The zero-order chi connectivity index (χ0) is 15.8. The van der Waals surface area contributed by atoms with Gasteiger partial charge < -0.3 is 19.9 Å². The van der Waals surface area contributed by atoms with E-state index in [1.54, 1.807) is 7.11 Å². The van der Waals surface area contributed by atoms with E-state index in [4.69, 9.17) is 4.74 Å². The standard InChI is InChI=1S/C17H34N4O.HI/c1-18-17(21-11-9-15(13-21)14-22-3)19-10-12-20(2)16-7-5-4-6-8-16;/h15-16H,4-14H2,1-3H3,(H,18,19);1H. The van der Waals surface area contributed by atoms with Gasteiger partial charge in [0.2, 0.25) is 0 Å². The third-order valence-electron chi connectivity index (χ3n) is 5.15. The predicted octanol–water partition coefficient (Wildman–Crippen LogP) is 2.41. The van der Waals surface area contributed by atoms with Gasteiger partial charge in [0.1, 0.15) is 0 Å². The van der Waals surface area contributed by atoms with Crippen LogP contribution in [0.1, 0.15) is 38.5 Å². The number of methoxy groups -OCH3 is 1. The molecule has 1 N–H and O–H groups in total. The molecule has 136 valence electrons. The Morgan fingerprint density at radius 3 is 2.65 bits per heavy atom. The largest absolute Gasteiger partial charge is 0.384 e. The number of halogens is 1. The molecule has 23 heavy (non-hydrogen) atoms. The van der Waals surface area contributed by atoms with E-state index < -0.39 is 0 Å². The highest BCUT2D eigenvalue weighted by Gasteiger charge is 2.24. The van der Waals surface area contributed by atoms with E-state index >= 15 is 0 Å². The first-order valence-electron chi connectivity index (χ1n) is 8.89. The molecule has 0 aromatic heterocycles. The second-order valence-electron chi connectivity index (χ2n) is 6.80. The molecule has 6 heteroatoms. The average molecular weight is 438 g/mol. The first-order chi connectivity index (χ1) is 10.7. The third-order valence-corrected chi connectivity index (χ3v) is 5.15. The monoisotopic (exact) mass is 438 g/mol. The van der Waals surface area contributed by atoms with Gasteiger partial charge >= 0.3 is 0 Å². The molecule has 0 radical (unpaired) electrons. The molecule has 1 saturated heterocycles. The van der Waals surface area contributed by atoms with Crippen LogP contribution in [0, 0.1) is 5.92 Å². The second-order valence-corrected chi connectivity index (χ2v) is 6.80. The van der Waals surface area contributed by atoms with Crippen LogP contribution in [0.3, 0.4) is 0 Å². The van der Waals surface area contributed by atoms with Crippen molar-refractivity contribution in [2.24, 2.45) is 10.9 Å². The van der Waals surface area contributed by atoms with Crippen LogP contribution >= 0.6 is 24.0 Å². The number of aliphatic imine (C=N–C) groups is 1. The summed E-state index contributed by atoms with van der Waals surface area (Å²) in [6, 6.07) is 0.787. The molecule has 0 aromatic rings. The van der Waals surface area contributed by atoms with E-state index in [-0.39, 0.29) is 24.0 Å². The summed E-state index contributed by atoms with van der Waals surface area (Å²) >= 11 is 0. The summed E-state index contributed by atoms with van der Waals surface area (Å²) in [4.78, 5) is 9.34. The van der Waals surface area contributed by atoms with Gasteiger partial charge in [-0.1, -0.05) is 19.3 Å². The van der Waals surface area contributed by atoms with Crippen molar-refractivity contribution in [3.05, 3.63) is 0 Å². The SMILES string of the molecule is CN=C(NCCN(C)C1CCCCC1)N1CCC(COC)C1.I. The van der Waals surface area contributed by atoms with Gasteiger partial charge in [-0.2, -0.15) is 0 Å². The lowest BCUT2D eigenvalue weighted by molar-refractivity contribution is 0.157. The van der Waals surface area contributed by atoms with Crippen LogP contribution in [0.5, 0.6) is 0 Å². The molecule has 5 nitrogen and oxygen atoms in total. The Bertz CT molecular complexity index is 347. The molecule has 1 saturated carbocycles. The molecule has 1 heterocycles. The molecule has 0 amide bonds. The van der Waals surface area contributed by atoms with Crippen LogP contribution in [0.15, 0.2) is 4.99 Å². The molecular weight excluding hydrogens is 403 g/mol. The fourth-order valence-electron chi connectivity index (χ4n) is 3.78. The first-order valence-corrected chi connectivity index (χ1v) is 8.89. The molecular formula is C17H35IN4O. The van der Waals surface area contributed by atoms with E-state index in [0.29, 0.717) is 5.92 Å². The van der Waals surface area contributed by atoms with Crippen molar-refractivity contribution in [3.63, 3.8) is 0 Å². The van der Waals surface area contributed by atoms with Crippen molar-refractivity contribution < 1.29 is 4.74 Å². The molecule has 0 spiro atoms. The minimum absolute atomic E-state index is 0. The third kappa shape index (κ3) is 6.74. The number of ether oxygens (including phenoxy) is 1. The van der Waals surface area contributed by atoms with Crippen molar-refractivity contribution in [1.29, 1.82) is 0 Å². The summed E-state index contributed by atoms with van der Waals surface area (Å²) in [6.07, 6.45) is 8.17. The van der Waals surface area contributed by atoms with E-state index in [2.05, 4.69) is 27.2 Å². The smallest absolute Gasteiger partial charge is 0.193 e. The van der Waals surface area contributed by atoms with Crippen LogP contribution in [0.25, 0.3) is 0 Å². The van der Waals surface area contributed by atoms with Crippen LogP contribution in [0.4, 0.5) is 0 Å². The van der Waals surface area contributed by atoms with Gasteiger partial charge in [-0.25, -0.2) is 0 Å². The van der Waals surface area contributed by atoms with Crippen molar-refractivity contribution in [1.82, 2.24) is 15.1 Å². The Morgan fingerprint density at radius 1 is 1.26 bits per heavy atom.